The standard InChI is InChI=1S/C26H29N3O4/c1-16-19(13-17-7-9-18(10-8-17)21-11-12-29(2)28-21)14-20(25-24(16)32-15-33-25)26(31)27-22-5-3-4-6-23(22)30/h7-12,14,22-23,30H,3-6,13,15H2,1-2H3,(H,27,31)/t22-,23-/m0/s1. The van der Waals surface area contributed by atoms with Crippen LogP contribution in [0.3, 0.4) is 0 Å². The first-order chi connectivity index (χ1) is 16.0. The highest BCUT2D eigenvalue weighted by molar-refractivity contribution is 5.98. The topological polar surface area (TPSA) is 85.6 Å². The molecule has 0 radical (unpaired) electrons. The number of aryl methyl sites for hydroxylation is 1. The number of hydrogen-bond donors (Lipinski definition) is 2. The fourth-order valence-corrected chi connectivity index (χ4v) is 4.71. The van der Waals surface area contributed by atoms with Crippen molar-refractivity contribution in [1.29, 1.82) is 0 Å². The predicted molar refractivity (Wildman–Crippen MR) is 124 cm³/mol. The van der Waals surface area contributed by atoms with Crippen molar-refractivity contribution in [2.24, 2.45) is 7.05 Å². The third-order valence-electron chi connectivity index (χ3n) is 6.65. The number of rotatable bonds is 5. The van der Waals surface area contributed by atoms with Crippen LogP contribution in [0.1, 0.15) is 52.7 Å². The summed E-state index contributed by atoms with van der Waals surface area (Å²) in [5, 5.41) is 17.8. The van der Waals surface area contributed by atoms with E-state index < -0.39 is 6.10 Å². The van der Waals surface area contributed by atoms with Gasteiger partial charge in [0.05, 0.1) is 23.4 Å². The highest BCUT2D eigenvalue weighted by atomic mass is 16.7. The first-order valence-corrected chi connectivity index (χ1v) is 11.5. The zero-order valence-electron chi connectivity index (χ0n) is 19.0. The van der Waals surface area contributed by atoms with E-state index in [2.05, 4.69) is 34.7 Å². The number of aromatic nitrogens is 2. The van der Waals surface area contributed by atoms with Gasteiger partial charge in [0.1, 0.15) is 0 Å². The number of fused-ring (bicyclic) bond motifs is 1. The molecule has 2 heterocycles. The molecule has 2 aromatic carbocycles. The minimum absolute atomic E-state index is 0.102. The van der Waals surface area contributed by atoms with Gasteiger partial charge in [0.15, 0.2) is 11.5 Å². The van der Waals surface area contributed by atoms with Crippen molar-refractivity contribution in [1.82, 2.24) is 15.1 Å². The largest absolute Gasteiger partial charge is 0.453 e. The SMILES string of the molecule is Cc1c(Cc2ccc(-c3ccn(C)n3)cc2)cc(C(=O)N[C@H]2CCCC[C@@H]2O)c2c1OCO2. The molecule has 1 aliphatic heterocycles. The van der Waals surface area contributed by atoms with E-state index in [1.54, 1.807) is 4.68 Å². The van der Waals surface area contributed by atoms with Crippen molar-refractivity contribution in [2.45, 2.75) is 51.2 Å². The Kier molecular flexibility index (Phi) is 5.81. The van der Waals surface area contributed by atoms with Gasteiger partial charge in [-0.1, -0.05) is 37.1 Å². The molecule has 7 nitrogen and oxygen atoms in total. The molecule has 5 rings (SSSR count). The van der Waals surface area contributed by atoms with E-state index in [1.807, 2.05) is 32.3 Å². The molecule has 172 valence electrons. The van der Waals surface area contributed by atoms with Crippen LogP contribution < -0.4 is 14.8 Å². The molecule has 1 fully saturated rings. The van der Waals surface area contributed by atoms with Gasteiger partial charge in [-0.2, -0.15) is 5.10 Å². The molecule has 0 unspecified atom stereocenters. The number of benzene rings is 2. The van der Waals surface area contributed by atoms with Gasteiger partial charge in [0, 0.05) is 18.8 Å². The summed E-state index contributed by atoms with van der Waals surface area (Å²) in [6.07, 6.45) is 5.59. The Labute approximate surface area is 193 Å². The number of carbonyl (C=O) groups excluding carboxylic acids is 1. The minimum Gasteiger partial charge on any atom is -0.453 e. The second kappa shape index (κ2) is 8.90. The molecule has 0 bridgehead atoms. The molecule has 2 N–H and O–H groups in total. The van der Waals surface area contributed by atoms with Gasteiger partial charge >= 0.3 is 0 Å². The monoisotopic (exact) mass is 447 g/mol. The third-order valence-corrected chi connectivity index (χ3v) is 6.65. The summed E-state index contributed by atoms with van der Waals surface area (Å²) < 4.78 is 13.2. The fourth-order valence-electron chi connectivity index (χ4n) is 4.71. The van der Waals surface area contributed by atoms with Gasteiger partial charge in [-0.15, -0.1) is 0 Å². The van der Waals surface area contributed by atoms with Gasteiger partial charge in [0.25, 0.3) is 5.91 Å². The molecule has 1 aromatic heterocycles. The summed E-state index contributed by atoms with van der Waals surface area (Å²) >= 11 is 0. The van der Waals surface area contributed by atoms with Crippen LogP contribution in [0.2, 0.25) is 0 Å². The maximum atomic E-state index is 13.2. The summed E-state index contributed by atoms with van der Waals surface area (Å²) in [6, 6.07) is 12.0. The fraction of sp³-hybridized carbons (Fsp3) is 0.385. The van der Waals surface area contributed by atoms with Gasteiger partial charge in [-0.25, -0.2) is 0 Å². The zero-order valence-corrected chi connectivity index (χ0v) is 19.0. The van der Waals surface area contributed by atoms with E-state index in [0.29, 0.717) is 23.5 Å². The molecule has 2 aliphatic rings. The number of aliphatic hydroxyl groups excluding tert-OH is 1. The lowest BCUT2D eigenvalue weighted by molar-refractivity contribution is 0.0714. The lowest BCUT2D eigenvalue weighted by atomic mass is 9.92. The molecular weight excluding hydrogens is 418 g/mol. The minimum atomic E-state index is -0.504. The Hall–Kier alpha value is -3.32. The second-order valence-corrected chi connectivity index (χ2v) is 8.95. The molecule has 1 amide bonds. The molecule has 7 heteroatoms. The van der Waals surface area contributed by atoms with Gasteiger partial charge in [0.2, 0.25) is 6.79 Å². The maximum absolute atomic E-state index is 13.2. The average Bonchev–Trinajstić information content (AvgIpc) is 3.47. The number of carbonyl (C=O) groups is 1. The van der Waals surface area contributed by atoms with Crippen molar-refractivity contribution < 1.29 is 19.4 Å². The first-order valence-electron chi connectivity index (χ1n) is 11.5. The number of aliphatic hydroxyl groups is 1. The van der Waals surface area contributed by atoms with E-state index in [0.717, 1.165) is 53.6 Å². The summed E-state index contributed by atoms with van der Waals surface area (Å²) in [5.41, 5.74) is 5.58. The lowest BCUT2D eigenvalue weighted by Gasteiger charge is -2.28. The molecule has 3 aromatic rings. The molecule has 1 aliphatic carbocycles. The van der Waals surface area contributed by atoms with Crippen LogP contribution in [0.5, 0.6) is 11.5 Å². The molecule has 0 spiro atoms. The number of nitrogens with one attached hydrogen (secondary N) is 1. The second-order valence-electron chi connectivity index (χ2n) is 8.95. The van der Waals surface area contributed by atoms with Crippen LogP contribution in [0.25, 0.3) is 11.3 Å². The zero-order chi connectivity index (χ0) is 22.9. The smallest absolute Gasteiger partial charge is 0.255 e. The Bertz CT molecular complexity index is 1170. The Morgan fingerprint density at radius 3 is 2.64 bits per heavy atom. The summed E-state index contributed by atoms with van der Waals surface area (Å²) in [6.45, 7) is 2.10. The van der Waals surface area contributed by atoms with Gasteiger partial charge in [-0.3, -0.25) is 9.48 Å². The van der Waals surface area contributed by atoms with Crippen molar-refractivity contribution in [3.8, 4) is 22.8 Å². The third kappa shape index (κ3) is 4.33. The van der Waals surface area contributed by atoms with E-state index >= 15 is 0 Å². The predicted octanol–water partition coefficient (Wildman–Crippen LogP) is 3.75. The highest BCUT2D eigenvalue weighted by Gasteiger charge is 2.30. The van der Waals surface area contributed by atoms with E-state index in [-0.39, 0.29) is 18.7 Å². The van der Waals surface area contributed by atoms with Crippen LogP contribution in [-0.2, 0) is 13.5 Å². The van der Waals surface area contributed by atoms with Crippen molar-refractivity contribution in [3.05, 3.63) is 64.8 Å². The quantitative estimate of drug-likeness (QED) is 0.622. The summed E-state index contributed by atoms with van der Waals surface area (Å²) in [4.78, 5) is 13.2. The maximum Gasteiger partial charge on any atom is 0.255 e. The average molecular weight is 448 g/mol. The number of amides is 1. The van der Waals surface area contributed by atoms with Crippen LogP contribution in [0, 0.1) is 6.92 Å². The normalized spacial score (nSPS) is 19.5. The summed E-state index contributed by atoms with van der Waals surface area (Å²) in [7, 11) is 1.91. The number of ether oxygens (including phenoxy) is 2. The van der Waals surface area contributed by atoms with Gasteiger partial charge < -0.3 is 19.9 Å². The Balaban J connectivity index is 1.40. The van der Waals surface area contributed by atoms with Crippen LogP contribution in [0.15, 0.2) is 42.6 Å². The molecule has 2 atom stereocenters. The number of hydrogen-bond acceptors (Lipinski definition) is 5. The van der Waals surface area contributed by atoms with E-state index in [4.69, 9.17) is 9.47 Å². The van der Waals surface area contributed by atoms with Gasteiger partial charge in [-0.05, 0) is 55.0 Å². The highest BCUT2D eigenvalue weighted by Crippen LogP contribution is 2.41. The van der Waals surface area contributed by atoms with E-state index in [1.165, 1.54) is 0 Å². The molecule has 33 heavy (non-hydrogen) atoms. The molecule has 1 saturated carbocycles. The van der Waals surface area contributed by atoms with Crippen molar-refractivity contribution >= 4 is 5.91 Å². The number of nitrogens with zero attached hydrogens (tertiary/aromatic N) is 2. The summed E-state index contributed by atoms with van der Waals surface area (Å²) in [5.74, 6) is 0.894. The van der Waals surface area contributed by atoms with Crippen molar-refractivity contribution in [2.75, 3.05) is 6.79 Å². The van der Waals surface area contributed by atoms with Crippen molar-refractivity contribution in [3.63, 3.8) is 0 Å². The van der Waals surface area contributed by atoms with Crippen LogP contribution in [0.4, 0.5) is 0 Å². The molecule has 0 saturated heterocycles. The van der Waals surface area contributed by atoms with Crippen LogP contribution >= 0.6 is 0 Å². The first kappa shape index (κ1) is 21.5. The molecular formula is C26H29N3O4. The Morgan fingerprint density at radius 2 is 1.91 bits per heavy atom. The van der Waals surface area contributed by atoms with E-state index in [9.17, 15) is 9.90 Å². The lowest BCUT2D eigenvalue weighted by Crippen LogP contribution is -2.45. The Morgan fingerprint density at radius 1 is 1.15 bits per heavy atom. The van der Waals surface area contributed by atoms with Crippen LogP contribution in [-0.4, -0.2) is 39.7 Å².